The normalized spacial score (nSPS) is 10.5. The molecule has 0 heterocycles. The van der Waals surface area contributed by atoms with Crippen LogP contribution in [0, 0.1) is 0 Å². The molecule has 160 valence electrons. The van der Waals surface area contributed by atoms with Gasteiger partial charge in [0, 0.05) is 0 Å². The quantitative estimate of drug-likeness (QED) is 0.186. The minimum atomic E-state index is -5.39. The van der Waals surface area contributed by atoms with Crippen LogP contribution >= 0.6 is 39.1 Å². The number of hydrogen-bond acceptors (Lipinski definition) is 20. The first-order valence-corrected chi connectivity index (χ1v) is 11.0. The van der Waals surface area contributed by atoms with Crippen molar-refractivity contribution in [3.8, 4) is 0 Å². The number of rotatable bonds is 0. The first-order chi connectivity index (χ1) is 10.0. The SMILES string of the molecule is O=P([O-])([O-])[O-].O=P([O-])([O-])[O-].O=P([O-])([O-])[O-].O=P([O-])([O-])[O-].O=P([O-])([O-])[O-].[K+].[K+].[K+]. The van der Waals surface area contributed by atoms with Gasteiger partial charge in [-0.25, -0.2) is 0 Å². The maximum atomic E-state index is 8.55. The summed E-state index contributed by atoms with van der Waals surface area (Å²) < 4.78 is 42.7. The van der Waals surface area contributed by atoms with Crippen LogP contribution in [0.15, 0.2) is 0 Å². The van der Waals surface area contributed by atoms with Crippen LogP contribution in [0.5, 0.6) is 0 Å². The van der Waals surface area contributed by atoms with Gasteiger partial charge >= 0.3 is 154 Å². The maximum absolute atomic E-state index is 8.55. The van der Waals surface area contributed by atoms with Crippen molar-refractivity contribution in [2.75, 3.05) is 0 Å². The molecule has 0 saturated carbocycles. The molecule has 0 unspecified atom stereocenters. The zero-order valence-electron chi connectivity index (χ0n) is 13.4. The van der Waals surface area contributed by atoms with Crippen molar-refractivity contribution in [2.24, 2.45) is 0 Å². The fourth-order valence-corrected chi connectivity index (χ4v) is 0. The fraction of sp³-hybridized carbons (Fsp3) is 0. The van der Waals surface area contributed by atoms with Crippen LogP contribution in [0.3, 0.4) is 0 Å². The average Bonchev–Trinajstić information content (AvgIpc) is 1.79. The van der Waals surface area contributed by atoms with Gasteiger partial charge in [-0.2, -0.15) is 39.1 Å². The standard InChI is InChI=1S/3K.5H3O4P/c;;;5*1-5(2,3)4/h;;;5*(H3,1,2,3,4)/q3*+1;;;;;/p-15. The summed E-state index contributed by atoms with van der Waals surface area (Å²) in [6, 6.07) is 0. The van der Waals surface area contributed by atoms with E-state index in [0.717, 1.165) is 0 Å². The van der Waals surface area contributed by atoms with Crippen LogP contribution in [0.1, 0.15) is 0 Å². The molecule has 28 heteroatoms. The second-order valence-corrected chi connectivity index (χ2v) is 6.71. The summed E-state index contributed by atoms with van der Waals surface area (Å²) in [5.41, 5.74) is 0. The monoisotopic (exact) mass is 592 g/mol. The molecule has 0 amide bonds. The molecular weight excluding hydrogens is 592 g/mol. The Labute approximate surface area is 283 Å². The molecule has 0 spiro atoms. The minimum absolute atomic E-state index is 0. The summed E-state index contributed by atoms with van der Waals surface area (Å²) in [6.07, 6.45) is 0. The molecule has 0 atom stereocenters. The van der Waals surface area contributed by atoms with Gasteiger partial charge in [-0.1, -0.05) is 0 Å². The molecular formula is K3O20P5-12. The zero-order valence-corrected chi connectivity index (χ0v) is 27.2. The van der Waals surface area contributed by atoms with Gasteiger partial charge in [0.2, 0.25) is 0 Å². The third kappa shape index (κ3) is 979. The Bertz CT molecular complexity index is 379. The Balaban J connectivity index is -0.0000000290. The Kier molecular flexibility index (Phi) is 49.6. The predicted molar refractivity (Wildman–Crippen MR) is 38.0 cm³/mol. The van der Waals surface area contributed by atoms with Crippen molar-refractivity contribution in [1.82, 2.24) is 0 Å². The molecule has 0 bridgehead atoms. The number of hydrogen-bond donors (Lipinski definition) is 0. The van der Waals surface area contributed by atoms with Gasteiger partial charge < -0.3 is 96.2 Å². The van der Waals surface area contributed by atoms with Crippen LogP contribution in [-0.2, 0) is 22.8 Å². The summed E-state index contributed by atoms with van der Waals surface area (Å²) >= 11 is 0. The molecule has 0 fully saturated rings. The molecule has 0 saturated heterocycles. The van der Waals surface area contributed by atoms with Crippen LogP contribution < -0.4 is 228 Å². The Morgan fingerprint density at radius 1 is 0.250 bits per heavy atom. The second kappa shape index (κ2) is 25.5. The summed E-state index contributed by atoms with van der Waals surface area (Å²) in [5.74, 6) is 0. The van der Waals surface area contributed by atoms with E-state index >= 15 is 0 Å². The molecule has 0 aromatic rings. The fourth-order valence-electron chi connectivity index (χ4n) is 0. The van der Waals surface area contributed by atoms with E-state index in [1.165, 1.54) is 0 Å². The molecule has 0 aliphatic heterocycles. The van der Waals surface area contributed by atoms with Gasteiger partial charge in [-0.15, -0.1) is 0 Å². The third-order valence-corrected chi connectivity index (χ3v) is 0. The zero-order chi connectivity index (χ0) is 22.5. The molecule has 20 nitrogen and oxygen atoms in total. The Hall–Kier alpha value is 5.46. The van der Waals surface area contributed by atoms with Gasteiger partial charge in [0.15, 0.2) is 0 Å². The van der Waals surface area contributed by atoms with E-state index in [9.17, 15) is 0 Å². The molecule has 28 heavy (non-hydrogen) atoms. The summed E-state index contributed by atoms with van der Waals surface area (Å²) in [5, 5.41) is 0. The van der Waals surface area contributed by atoms with E-state index < -0.39 is 39.1 Å². The van der Waals surface area contributed by atoms with Crippen molar-refractivity contribution >= 4 is 39.1 Å². The maximum Gasteiger partial charge on any atom is 1.00 e. The van der Waals surface area contributed by atoms with Gasteiger partial charge in [0.1, 0.15) is 0 Å². The third-order valence-electron chi connectivity index (χ3n) is 0. The van der Waals surface area contributed by atoms with Gasteiger partial charge in [0.25, 0.3) is 0 Å². The van der Waals surface area contributed by atoms with E-state index in [-0.39, 0.29) is 154 Å². The van der Waals surface area contributed by atoms with E-state index in [1.807, 2.05) is 0 Å². The second-order valence-electron chi connectivity index (χ2n) is 2.24. The van der Waals surface area contributed by atoms with Crippen molar-refractivity contribution in [3.05, 3.63) is 0 Å². The summed E-state index contributed by atoms with van der Waals surface area (Å²) in [6.45, 7) is 0. The van der Waals surface area contributed by atoms with Crippen molar-refractivity contribution in [2.45, 2.75) is 0 Å². The largest absolute Gasteiger partial charge is 1.00 e. The van der Waals surface area contributed by atoms with E-state index in [0.29, 0.717) is 0 Å². The molecule has 0 N–H and O–H groups in total. The molecule has 0 aromatic carbocycles. The van der Waals surface area contributed by atoms with Gasteiger partial charge in [-0.05, 0) is 0 Å². The first kappa shape index (κ1) is 54.4. The first-order valence-electron chi connectivity index (χ1n) is 3.65. The summed E-state index contributed by atoms with van der Waals surface area (Å²) in [4.78, 5) is 128. The van der Waals surface area contributed by atoms with E-state index in [1.54, 1.807) is 0 Å². The molecule has 0 rings (SSSR count). The average molecular weight is 592 g/mol. The van der Waals surface area contributed by atoms with Crippen molar-refractivity contribution in [1.29, 1.82) is 0 Å². The number of phosphoric acid groups is 5. The van der Waals surface area contributed by atoms with Crippen LogP contribution in [0.2, 0.25) is 0 Å². The van der Waals surface area contributed by atoms with Crippen LogP contribution in [0.4, 0.5) is 0 Å². The topological polar surface area (TPSA) is 431 Å². The van der Waals surface area contributed by atoms with Gasteiger partial charge in [-0.3, -0.25) is 0 Å². The van der Waals surface area contributed by atoms with Crippen molar-refractivity contribution < 1.29 is 250 Å². The van der Waals surface area contributed by atoms with Crippen LogP contribution in [-0.4, -0.2) is 0 Å². The van der Waals surface area contributed by atoms with Gasteiger partial charge in [0.05, 0.1) is 0 Å². The minimum Gasteiger partial charge on any atom is -0.822 e. The van der Waals surface area contributed by atoms with Crippen LogP contribution in [0.25, 0.3) is 0 Å². The van der Waals surface area contributed by atoms with E-state index in [2.05, 4.69) is 0 Å². The molecule has 0 aliphatic carbocycles. The van der Waals surface area contributed by atoms with E-state index in [4.69, 9.17) is 96.2 Å². The van der Waals surface area contributed by atoms with Crippen molar-refractivity contribution in [3.63, 3.8) is 0 Å². The predicted octanol–water partition coefficient (Wildman–Crippen LogP) is -23.1. The molecule has 0 aromatic heterocycles. The Morgan fingerprint density at radius 2 is 0.250 bits per heavy atom. The molecule has 0 radical (unpaired) electrons. The Morgan fingerprint density at radius 3 is 0.250 bits per heavy atom. The summed E-state index contributed by atoms with van der Waals surface area (Å²) in [7, 11) is -26.9. The molecule has 0 aliphatic rings. The smallest absolute Gasteiger partial charge is 0.822 e.